The molecule has 1 saturated carbocycles. The van der Waals surface area contributed by atoms with Crippen LogP contribution < -0.4 is 0 Å². The van der Waals surface area contributed by atoms with Gasteiger partial charge in [0.2, 0.25) is 0 Å². The molecule has 0 radical (unpaired) electrons. The number of hydrogen-bond donors (Lipinski definition) is 0. The number of hydrogen-bond acceptors (Lipinski definition) is 1. The molecule has 0 saturated heterocycles. The molecule has 0 aliphatic heterocycles. The molecule has 2 aromatic carbocycles. The molecule has 1 nitrogen and oxygen atoms in total. The molecular formula is C18H20O. The highest BCUT2D eigenvalue weighted by atomic mass is 16.1. The zero-order chi connectivity index (χ0) is 13.2. The van der Waals surface area contributed by atoms with Crippen LogP contribution in [-0.4, -0.2) is 5.78 Å². The Kier molecular flexibility index (Phi) is 3.37. The molecule has 0 heterocycles. The van der Waals surface area contributed by atoms with Gasteiger partial charge in [0.15, 0.2) is 0 Å². The first-order valence-corrected chi connectivity index (χ1v) is 7.23. The van der Waals surface area contributed by atoms with E-state index in [1.807, 2.05) is 12.1 Å². The van der Waals surface area contributed by atoms with Crippen molar-refractivity contribution < 1.29 is 4.79 Å². The normalized spacial score (nSPS) is 22.8. The largest absolute Gasteiger partial charge is 0.299 e. The van der Waals surface area contributed by atoms with Gasteiger partial charge in [0.25, 0.3) is 0 Å². The summed E-state index contributed by atoms with van der Waals surface area (Å²) < 4.78 is 0. The fourth-order valence-electron chi connectivity index (χ4n) is 3.28. The minimum Gasteiger partial charge on any atom is -0.299 e. The van der Waals surface area contributed by atoms with E-state index < -0.39 is 0 Å². The maximum absolute atomic E-state index is 12.4. The summed E-state index contributed by atoms with van der Waals surface area (Å²) in [6, 6.07) is 14.6. The summed E-state index contributed by atoms with van der Waals surface area (Å²) in [5.74, 6) is 1.45. The van der Waals surface area contributed by atoms with Crippen molar-refractivity contribution >= 4 is 16.6 Å². The lowest BCUT2D eigenvalue weighted by molar-refractivity contribution is -0.122. The lowest BCUT2D eigenvalue weighted by Gasteiger charge is -2.10. The number of carbonyl (C=O) groups is 1. The highest BCUT2D eigenvalue weighted by Crippen LogP contribution is 2.32. The van der Waals surface area contributed by atoms with Gasteiger partial charge in [-0.15, -0.1) is 0 Å². The first-order chi connectivity index (χ1) is 9.24. The topological polar surface area (TPSA) is 17.1 Å². The number of benzene rings is 2. The molecule has 19 heavy (non-hydrogen) atoms. The number of Topliss-reactive ketones (excluding diaryl/α,β-unsaturated/α-hetero) is 1. The van der Waals surface area contributed by atoms with Gasteiger partial charge in [-0.25, -0.2) is 0 Å². The van der Waals surface area contributed by atoms with Crippen LogP contribution >= 0.6 is 0 Å². The van der Waals surface area contributed by atoms with Crippen molar-refractivity contribution in [3.63, 3.8) is 0 Å². The molecule has 1 aliphatic carbocycles. The van der Waals surface area contributed by atoms with Crippen LogP contribution in [-0.2, 0) is 11.2 Å². The third-order valence-electron chi connectivity index (χ3n) is 4.39. The van der Waals surface area contributed by atoms with E-state index in [0.29, 0.717) is 18.1 Å². The molecule has 2 atom stereocenters. The zero-order valence-electron chi connectivity index (χ0n) is 11.4. The van der Waals surface area contributed by atoms with E-state index in [4.69, 9.17) is 0 Å². The van der Waals surface area contributed by atoms with Crippen molar-refractivity contribution in [1.29, 1.82) is 0 Å². The number of rotatable bonds is 3. The van der Waals surface area contributed by atoms with Crippen molar-refractivity contribution in [2.75, 3.05) is 0 Å². The zero-order valence-corrected chi connectivity index (χ0v) is 11.4. The lowest BCUT2D eigenvalue weighted by atomic mass is 9.93. The molecule has 1 fully saturated rings. The van der Waals surface area contributed by atoms with E-state index in [-0.39, 0.29) is 0 Å². The summed E-state index contributed by atoms with van der Waals surface area (Å²) in [5.41, 5.74) is 1.18. The standard InChI is InChI=1S/C18H20O/c1-13-9-10-16(11-13)18(19)12-15-7-4-6-14-5-2-3-8-17(14)15/h2-8,13,16H,9-12H2,1H3. The van der Waals surface area contributed by atoms with Crippen LogP contribution in [0.15, 0.2) is 42.5 Å². The van der Waals surface area contributed by atoms with E-state index in [1.165, 1.54) is 22.8 Å². The summed E-state index contributed by atoms with van der Waals surface area (Å²) in [7, 11) is 0. The molecule has 0 spiro atoms. The first-order valence-electron chi connectivity index (χ1n) is 7.23. The van der Waals surface area contributed by atoms with Crippen LogP contribution in [0.4, 0.5) is 0 Å². The fourth-order valence-corrected chi connectivity index (χ4v) is 3.28. The van der Waals surface area contributed by atoms with Gasteiger partial charge < -0.3 is 0 Å². The molecule has 3 rings (SSSR count). The van der Waals surface area contributed by atoms with Crippen LogP contribution in [0.2, 0.25) is 0 Å². The second-order valence-electron chi connectivity index (χ2n) is 5.90. The van der Waals surface area contributed by atoms with Gasteiger partial charge >= 0.3 is 0 Å². The van der Waals surface area contributed by atoms with Gasteiger partial charge in [-0.3, -0.25) is 4.79 Å². The molecule has 0 N–H and O–H groups in total. The molecule has 2 aromatic rings. The summed E-state index contributed by atoms with van der Waals surface area (Å²) in [6.07, 6.45) is 3.99. The summed E-state index contributed by atoms with van der Waals surface area (Å²) in [4.78, 5) is 12.4. The third-order valence-corrected chi connectivity index (χ3v) is 4.39. The van der Waals surface area contributed by atoms with Crippen molar-refractivity contribution in [2.45, 2.75) is 32.6 Å². The van der Waals surface area contributed by atoms with Crippen molar-refractivity contribution in [3.8, 4) is 0 Å². The molecule has 0 bridgehead atoms. The van der Waals surface area contributed by atoms with Crippen molar-refractivity contribution in [1.82, 2.24) is 0 Å². The Labute approximate surface area is 114 Å². The fraction of sp³-hybridized carbons (Fsp3) is 0.389. The molecule has 98 valence electrons. The summed E-state index contributed by atoms with van der Waals surface area (Å²) >= 11 is 0. The molecule has 0 amide bonds. The van der Waals surface area contributed by atoms with Crippen LogP contribution in [0.5, 0.6) is 0 Å². The number of fused-ring (bicyclic) bond motifs is 1. The van der Waals surface area contributed by atoms with Crippen LogP contribution in [0.1, 0.15) is 31.7 Å². The van der Waals surface area contributed by atoms with Gasteiger partial charge in [-0.1, -0.05) is 49.4 Å². The SMILES string of the molecule is CC1CCC(C(=O)Cc2cccc3ccccc23)C1. The molecule has 2 unspecified atom stereocenters. The van der Waals surface area contributed by atoms with Gasteiger partial charge in [-0.2, -0.15) is 0 Å². The molecule has 1 heteroatoms. The van der Waals surface area contributed by atoms with Crippen molar-refractivity contribution in [2.24, 2.45) is 11.8 Å². The minimum atomic E-state index is 0.300. The Morgan fingerprint density at radius 3 is 2.68 bits per heavy atom. The first kappa shape index (κ1) is 12.4. The van der Waals surface area contributed by atoms with Gasteiger partial charge in [0.1, 0.15) is 5.78 Å². The number of carbonyl (C=O) groups excluding carboxylic acids is 1. The van der Waals surface area contributed by atoms with E-state index in [1.54, 1.807) is 0 Å². The summed E-state index contributed by atoms with van der Waals surface area (Å²) in [5, 5.41) is 2.46. The molecule has 0 aromatic heterocycles. The van der Waals surface area contributed by atoms with E-state index in [9.17, 15) is 4.79 Å². The third kappa shape index (κ3) is 2.56. The van der Waals surface area contributed by atoms with Gasteiger partial charge in [0.05, 0.1) is 0 Å². The Hall–Kier alpha value is -1.63. The Morgan fingerprint density at radius 1 is 1.11 bits per heavy atom. The monoisotopic (exact) mass is 252 g/mol. The Morgan fingerprint density at radius 2 is 1.89 bits per heavy atom. The highest BCUT2D eigenvalue weighted by molar-refractivity contribution is 5.91. The number of ketones is 1. The highest BCUT2D eigenvalue weighted by Gasteiger charge is 2.27. The lowest BCUT2D eigenvalue weighted by Crippen LogP contribution is -2.14. The average Bonchev–Trinajstić information content (AvgIpc) is 2.86. The smallest absolute Gasteiger partial charge is 0.140 e. The second-order valence-corrected chi connectivity index (χ2v) is 5.90. The predicted octanol–water partition coefficient (Wildman–Crippen LogP) is 4.39. The molecular weight excluding hydrogens is 232 g/mol. The minimum absolute atomic E-state index is 0.300. The Balaban J connectivity index is 1.83. The summed E-state index contributed by atoms with van der Waals surface area (Å²) in [6.45, 7) is 2.26. The second kappa shape index (κ2) is 5.16. The van der Waals surface area contributed by atoms with Gasteiger partial charge in [-0.05, 0) is 41.5 Å². The quantitative estimate of drug-likeness (QED) is 0.792. The van der Waals surface area contributed by atoms with E-state index in [0.717, 1.165) is 18.8 Å². The average molecular weight is 252 g/mol. The van der Waals surface area contributed by atoms with Crippen LogP contribution in [0.25, 0.3) is 10.8 Å². The van der Waals surface area contributed by atoms with Gasteiger partial charge in [0, 0.05) is 12.3 Å². The van der Waals surface area contributed by atoms with E-state index >= 15 is 0 Å². The predicted molar refractivity (Wildman–Crippen MR) is 79.2 cm³/mol. The maximum Gasteiger partial charge on any atom is 0.140 e. The van der Waals surface area contributed by atoms with Crippen molar-refractivity contribution in [3.05, 3.63) is 48.0 Å². The maximum atomic E-state index is 12.4. The Bertz CT molecular complexity index is 594. The molecule has 1 aliphatic rings. The van der Waals surface area contributed by atoms with Crippen LogP contribution in [0.3, 0.4) is 0 Å². The van der Waals surface area contributed by atoms with E-state index in [2.05, 4.69) is 37.3 Å². The van der Waals surface area contributed by atoms with Crippen LogP contribution in [0, 0.1) is 11.8 Å².